The van der Waals surface area contributed by atoms with Crippen molar-refractivity contribution < 1.29 is 17.9 Å². The van der Waals surface area contributed by atoms with Crippen molar-refractivity contribution >= 4 is 15.7 Å². The lowest BCUT2D eigenvalue weighted by Crippen LogP contribution is -2.53. The molecular formula is C20H30N2O4S. The Morgan fingerprint density at radius 2 is 1.81 bits per heavy atom. The fraction of sp³-hybridized carbons (Fsp3) is 0.650. The first-order chi connectivity index (χ1) is 12.8. The topological polar surface area (TPSA) is 75.7 Å². The van der Waals surface area contributed by atoms with Gasteiger partial charge in [0, 0.05) is 6.04 Å². The Labute approximate surface area is 162 Å². The van der Waals surface area contributed by atoms with Crippen molar-refractivity contribution in [3.63, 3.8) is 0 Å². The third-order valence-corrected chi connectivity index (χ3v) is 7.16. The van der Waals surface area contributed by atoms with Gasteiger partial charge in [-0.05, 0) is 49.5 Å². The standard InChI is InChI=1S/C20H30N2O4S/c1-15(2)16-6-8-17(9-7-16)26-12-20(23)21-18-13-27(24,25)14-19(18)22-10-4-3-5-11-22/h6-9,15,18-19H,3-5,10-14H2,1-2H3,(H,21,23). The van der Waals surface area contributed by atoms with E-state index in [1.807, 2.05) is 24.3 Å². The Bertz CT molecular complexity index is 740. The number of benzene rings is 1. The van der Waals surface area contributed by atoms with E-state index in [0.29, 0.717) is 11.7 Å². The summed E-state index contributed by atoms with van der Waals surface area (Å²) in [5.41, 5.74) is 1.22. The summed E-state index contributed by atoms with van der Waals surface area (Å²) in [7, 11) is -3.12. The van der Waals surface area contributed by atoms with Crippen molar-refractivity contribution in [3.8, 4) is 5.75 Å². The molecule has 2 heterocycles. The Morgan fingerprint density at radius 1 is 1.15 bits per heavy atom. The lowest BCUT2D eigenvalue weighted by Gasteiger charge is -2.34. The highest BCUT2D eigenvalue weighted by atomic mass is 32.2. The molecule has 150 valence electrons. The number of hydrogen-bond acceptors (Lipinski definition) is 5. The molecule has 7 heteroatoms. The van der Waals surface area contributed by atoms with E-state index in [1.54, 1.807) is 0 Å². The first kappa shape index (κ1) is 20.1. The van der Waals surface area contributed by atoms with E-state index in [2.05, 4.69) is 24.1 Å². The molecule has 0 bridgehead atoms. The van der Waals surface area contributed by atoms with Gasteiger partial charge in [0.25, 0.3) is 5.91 Å². The number of likely N-dealkylation sites (tertiary alicyclic amines) is 1. The van der Waals surface area contributed by atoms with Crippen LogP contribution < -0.4 is 10.1 Å². The fourth-order valence-electron chi connectivity index (χ4n) is 3.92. The number of ether oxygens (including phenoxy) is 1. The molecule has 0 saturated carbocycles. The maximum Gasteiger partial charge on any atom is 0.258 e. The molecule has 2 aliphatic rings. The van der Waals surface area contributed by atoms with Gasteiger partial charge in [-0.3, -0.25) is 9.69 Å². The predicted octanol–water partition coefficient (Wildman–Crippen LogP) is 1.96. The predicted molar refractivity (Wildman–Crippen MR) is 106 cm³/mol. The summed E-state index contributed by atoms with van der Waals surface area (Å²) in [5, 5.41) is 2.90. The molecule has 2 atom stereocenters. The quantitative estimate of drug-likeness (QED) is 0.798. The second kappa shape index (κ2) is 8.61. The molecule has 6 nitrogen and oxygen atoms in total. The Hall–Kier alpha value is -1.60. The van der Waals surface area contributed by atoms with Crippen molar-refractivity contribution in [2.75, 3.05) is 31.2 Å². The molecular weight excluding hydrogens is 364 g/mol. The first-order valence-electron chi connectivity index (χ1n) is 9.81. The van der Waals surface area contributed by atoms with Crippen LogP contribution in [0, 0.1) is 0 Å². The number of nitrogens with zero attached hydrogens (tertiary/aromatic N) is 1. The average Bonchev–Trinajstić information content (AvgIpc) is 2.95. The van der Waals surface area contributed by atoms with Crippen molar-refractivity contribution in [2.24, 2.45) is 0 Å². The lowest BCUT2D eigenvalue weighted by atomic mass is 10.0. The zero-order chi connectivity index (χ0) is 19.4. The zero-order valence-electron chi connectivity index (χ0n) is 16.2. The molecule has 3 rings (SSSR count). The fourth-order valence-corrected chi connectivity index (χ4v) is 5.88. The highest BCUT2D eigenvalue weighted by Crippen LogP contribution is 2.22. The largest absolute Gasteiger partial charge is 0.484 e. The maximum atomic E-state index is 12.3. The van der Waals surface area contributed by atoms with Crippen LogP contribution in [0.3, 0.4) is 0 Å². The van der Waals surface area contributed by atoms with E-state index in [1.165, 1.54) is 12.0 Å². The first-order valence-corrected chi connectivity index (χ1v) is 11.6. The zero-order valence-corrected chi connectivity index (χ0v) is 17.0. The number of carbonyl (C=O) groups excluding carboxylic acids is 1. The summed E-state index contributed by atoms with van der Waals surface area (Å²) >= 11 is 0. The number of sulfone groups is 1. The van der Waals surface area contributed by atoms with Crippen LogP contribution in [0.25, 0.3) is 0 Å². The molecule has 1 N–H and O–H groups in total. The molecule has 2 unspecified atom stereocenters. The van der Waals surface area contributed by atoms with Gasteiger partial charge in [-0.1, -0.05) is 32.4 Å². The third kappa shape index (κ3) is 5.45. The van der Waals surface area contributed by atoms with E-state index < -0.39 is 9.84 Å². The van der Waals surface area contributed by atoms with Gasteiger partial charge in [0.1, 0.15) is 5.75 Å². The summed E-state index contributed by atoms with van der Waals surface area (Å²) in [5.74, 6) is 0.963. The second-order valence-electron chi connectivity index (χ2n) is 7.93. The highest BCUT2D eigenvalue weighted by molar-refractivity contribution is 7.91. The minimum absolute atomic E-state index is 0.0169. The molecule has 0 aliphatic carbocycles. The number of hydrogen-bond donors (Lipinski definition) is 1. The van der Waals surface area contributed by atoms with E-state index >= 15 is 0 Å². The SMILES string of the molecule is CC(C)c1ccc(OCC(=O)NC2CS(=O)(=O)CC2N2CCCCC2)cc1. The summed E-state index contributed by atoms with van der Waals surface area (Å²) in [4.78, 5) is 14.6. The normalized spacial score (nSPS) is 25.4. The van der Waals surface area contributed by atoms with Crippen LogP contribution >= 0.6 is 0 Å². The van der Waals surface area contributed by atoms with E-state index in [9.17, 15) is 13.2 Å². The van der Waals surface area contributed by atoms with Crippen molar-refractivity contribution in [2.45, 2.75) is 51.1 Å². The highest BCUT2D eigenvalue weighted by Gasteiger charge is 2.41. The smallest absolute Gasteiger partial charge is 0.258 e. The van der Waals surface area contributed by atoms with E-state index in [0.717, 1.165) is 25.9 Å². The van der Waals surface area contributed by atoms with Crippen molar-refractivity contribution in [1.82, 2.24) is 10.2 Å². The molecule has 0 spiro atoms. The molecule has 2 aliphatic heterocycles. The molecule has 2 fully saturated rings. The van der Waals surface area contributed by atoms with Crippen LogP contribution in [0.1, 0.15) is 44.6 Å². The van der Waals surface area contributed by atoms with Crippen molar-refractivity contribution in [1.29, 1.82) is 0 Å². The van der Waals surface area contributed by atoms with Gasteiger partial charge < -0.3 is 10.1 Å². The van der Waals surface area contributed by atoms with Gasteiger partial charge in [0.15, 0.2) is 16.4 Å². The van der Waals surface area contributed by atoms with Crippen LogP contribution in [-0.4, -0.2) is 62.5 Å². The third-order valence-electron chi connectivity index (χ3n) is 5.45. The Kier molecular flexibility index (Phi) is 6.42. The molecule has 1 aromatic rings. The lowest BCUT2D eigenvalue weighted by molar-refractivity contribution is -0.124. The van der Waals surface area contributed by atoms with Gasteiger partial charge in [0.2, 0.25) is 0 Å². The number of carbonyl (C=O) groups is 1. The monoisotopic (exact) mass is 394 g/mol. The second-order valence-corrected chi connectivity index (χ2v) is 10.1. The number of amides is 1. The van der Waals surface area contributed by atoms with Gasteiger partial charge in [-0.25, -0.2) is 8.42 Å². The number of nitrogens with one attached hydrogen (secondary N) is 1. The van der Waals surface area contributed by atoms with Crippen LogP contribution in [-0.2, 0) is 14.6 Å². The van der Waals surface area contributed by atoms with E-state index in [4.69, 9.17) is 4.74 Å². The van der Waals surface area contributed by atoms with Gasteiger partial charge in [-0.2, -0.15) is 0 Å². The Balaban J connectivity index is 1.55. The minimum atomic E-state index is -3.12. The van der Waals surface area contributed by atoms with Gasteiger partial charge >= 0.3 is 0 Å². The van der Waals surface area contributed by atoms with Crippen LogP contribution in [0.15, 0.2) is 24.3 Å². The van der Waals surface area contributed by atoms with E-state index in [-0.39, 0.29) is 36.1 Å². The van der Waals surface area contributed by atoms with Gasteiger partial charge in [-0.15, -0.1) is 0 Å². The molecule has 1 amide bonds. The average molecular weight is 395 g/mol. The molecule has 27 heavy (non-hydrogen) atoms. The minimum Gasteiger partial charge on any atom is -0.484 e. The number of rotatable bonds is 6. The van der Waals surface area contributed by atoms with Crippen LogP contribution in [0.5, 0.6) is 5.75 Å². The molecule has 1 aromatic carbocycles. The maximum absolute atomic E-state index is 12.3. The summed E-state index contributed by atoms with van der Waals surface area (Å²) < 4.78 is 29.8. The van der Waals surface area contributed by atoms with Crippen LogP contribution in [0.4, 0.5) is 0 Å². The molecule has 2 saturated heterocycles. The summed E-state index contributed by atoms with van der Waals surface area (Å²) in [6.45, 7) is 5.95. The van der Waals surface area contributed by atoms with Crippen molar-refractivity contribution in [3.05, 3.63) is 29.8 Å². The number of piperidine rings is 1. The van der Waals surface area contributed by atoms with Gasteiger partial charge in [0.05, 0.1) is 17.5 Å². The Morgan fingerprint density at radius 3 is 2.44 bits per heavy atom. The molecule has 0 aromatic heterocycles. The summed E-state index contributed by atoms with van der Waals surface area (Å²) in [6.07, 6.45) is 3.37. The summed E-state index contributed by atoms with van der Waals surface area (Å²) in [6, 6.07) is 7.23. The molecule has 0 radical (unpaired) electrons. The van der Waals surface area contributed by atoms with Crippen LogP contribution in [0.2, 0.25) is 0 Å².